The Morgan fingerprint density at radius 1 is 0.818 bits per heavy atom. The lowest BCUT2D eigenvalue weighted by atomic mass is 9.32. The predicted octanol–water partition coefficient (Wildman–Crippen LogP) is 8.92. The molecular weight excluding hydrogens is 614 g/mol. The maximum absolute atomic E-state index is 14.3. The standard InChI is InChI=1S/C38H62BrNO4/c1-25(24-39)26-15-20-38(33(44)40-23-11-9-7-8-10-12-31(42)43)22-21-36(5)27(32(26)38)13-14-29-35(4)18-17-30(41)34(2,3)28(35)16-19-37(29,36)6/h26-30,32,41H,1,7-24H2,2-6H3,(H,40,44)(H,42,43)/t26-,27+,28-,29?,30-,32+,35-,36+,37+,38-/m0/s1. The predicted molar refractivity (Wildman–Crippen MR) is 181 cm³/mol. The van der Waals surface area contributed by atoms with Gasteiger partial charge in [-0.15, -0.1) is 0 Å². The van der Waals surface area contributed by atoms with E-state index in [1.165, 1.54) is 31.3 Å². The fourth-order valence-corrected chi connectivity index (χ4v) is 13.3. The summed E-state index contributed by atoms with van der Waals surface area (Å²) in [7, 11) is 0. The van der Waals surface area contributed by atoms with E-state index in [1.54, 1.807) is 0 Å². The second-order valence-corrected chi connectivity index (χ2v) is 17.9. The summed E-state index contributed by atoms with van der Waals surface area (Å²) >= 11 is 3.76. The minimum absolute atomic E-state index is 0.0332. The number of halogens is 1. The number of aliphatic hydroxyl groups is 1. The van der Waals surface area contributed by atoms with Crippen LogP contribution in [0.1, 0.15) is 137 Å². The number of carbonyl (C=O) groups excluding carboxylic acids is 1. The van der Waals surface area contributed by atoms with Crippen molar-refractivity contribution in [3.05, 3.63) is 12.2 Å². The van der Waals surface area contributed by atoms with Crippen LogP contribution in [0.15, 0.2) is 12.2 Å². The molecule has 5 saturated carbocycles. The van der Waals surface area contributed by atoms with Gasteiger partial charge >= 0.3 is 5.97 Å². The molecule has 5 fully saturated rings. The number of carbonyl (C=O) groups is 2. The Hall–Kier alpha value is -0.880. The third-order valence-corrected chi connectivity index (χ3v) is 16.1. The maximum Gasteiger partial charge on any atom is 0.303 e. The zero-order valence-corrected chi connectivity index (χ0v) is 30.1. The van der Waals surface area contributed by atoms with E-state index in [9.17, 15) is 14.7 Å². The van der Waals surface area contributed by atoms with E-state index in [1.807, 2.05) is 0 Å². The highest BCUT2D eigenvalue weighted by molar-refractivity contribution is 9.09. The molecule has 0 saturated heterocycles. The fourth-order valence-electron chi connectivity index (χ4n) is 12.8. The molecule has 0 radical (unpaired) electrons. The van der Waals surface area contributed by atoms with Gasteiger partial charge in [-0.05, 0) is 128 Å². The summed E-state index contributed by atoms with van der Waals surface area (Å²) in [6.45, 7) is 17.8. The van der Waals surface area contributed by atoms with Crippen molar-refractivity contribution in [3.8, 4) is 0 Å². The summed E-state index contributed by atoms with van der Waals surface area (Å²) in [6.07, 6.45) is 15.9. The first-order chi connectivity index (χ1) is 20.7. The van der Waals surface area contributed by atoms with E-state index >= 15 is 0 Å². The number of carboxylic acids is 1. The highest BCUT2D eigenvalue weighted by Crippen LogP contribution is 2.77. The van der Waals surface area contributed by atoms with Crippen molar-refractivity contribution in [1.29, 1.82) is 0 Å². The number of hydrogen-bond donors (Lipinski definition) is 3. The molecule has 0 aromatic rings. The van der Waals surface area contributed by atoms with Crippen LogP contribution in [0.2, 0.25) is 0 Å². The van der Waals surface area contributed by atoms with Gasteiger partial charge in [-0.25, -0.2) is 0 Å². The Balaban J connectivity index is 1.35. The molecule has 0 bridgehead atoms. The van der Waals surface area contributed by atoms with Crippen LogP contribution in [0.5, 0.6) is 0 Å². The molecule has 0 spiro atoms. The van der Waals surface area contributed by atoms with Gasteiger partial charge in [-0.1, -0.05) is 82.0 Å². The highest BCUT2D eigenvalue weighted by atomic mass is 79.9. The zero-order chi connectivity index (χ0) is 32.1. The molecule has 250 valence electrons. The smallest absolute Gasteiger partial charge is 0.303 e. The van der Waals surface area contributed by atoms with Crippen molar-refractivity contribution in [2.75, 3.05) is 11.9 Å². The average molecular weight is 677 g/mol. The molecule has 5 rings (SSSR count). The van der Waals surface area contributed by atoms with E-state index < -0.39 is 5.97 Å². The number of aliphatic hydroxyl groups excluding tert-OH is 1. The van der Waals surface area contributed by atoms with Gasteiger partial charge in [0.15, 0.2) is 0 Å². The third kappa shape index (κ3) is 5.36. The Kier molecular flexibility index (Phi) is 9.88. The molecule has 5 aliphatic carbocycles. The Morgan fingerprint density at radius 2 is 1.52 bits per heavy atom. The topological polar surface area (TPSA) is 86.6 Å². The van der Waals surface area contributed by atoms with E-state index in [4.69, 9.17) is 5.11 Å². The van der Waals surface area contributed by atoms with E-state index in [2.05, 4.69) is 62.4 Å². The molecule has 44 heavy (non-hydrogen) atoms. The van der Waals surface area contributed by atoms with E-state index in [-0.39, 0.29) is 39.6 Å². The van der Waals surface area contributed by atoms with Crippen molar-refractivity contribution in [3.63, 3.8) is 0 Å². The Bertz CT molecular complexity index is 1110. The lowest BCUT2D eigenvalue weighted by molar-refractivity contribution is -0.246. The largest absolute Gasteiger partial charge is 0.481 e. The number of fused-ring (bicyclic) bond motifs is 7. The van der Waals surface area contributed by atoms with Crippen molar-refractivity contribution >= 4 is 27.8 Å². The summed E-state index contributed by atoms with van der Waals surface area (Å²) in [6, 6.07) is 0. The monoisotopic (exact) mass is 675 g/mol. The zero-order valence-electron chi connectivity index (χ0n) is 28.5. The maximum atomic E-state index is 14.3. The second-order valence-electron chi connectivity index (χ2n) is 17.3. The van der Waals surface area contributed by atoms with Gasteiger partial charge in [0.1, 0.15) is 0 Å². The van der Waals surface area contributed by atoms with Crippen LogP contribution in [-0.4, -0.2) is 40.1 Å². The molecule has 0 aromatic heterocycles. The normalized spacial score (nSPS) is 44.1. The van der Waals surface area contributed by atoms with Crippen LogP contribution < -0.4 is 5.32 Å². The van der Waals surface area contributed by atoms with Gasteiger partial charge in [0, 0.05) is 18.3 Å². The van der Waals surface area contributed by atoms with Crippen molar-refractivity contribution in [1.82, 2.24) is 5.32 Å². The number of aliphatic carboxylic acids is 1. The van der Waals surface area contributed by atoms with Crippen molar-refractivity contribution in [2.24, 2.45) is 56.7 Å². The van der Waals surface area contributed by atoms with Gasteiger partial charge in [-0.3, -0.25) is 9.59 Å². The summed E-state index contributed by atoms with van der Waals surface area (Å²) in [5.74, 6) is 2.10. The molecule has 0 heterocycles. The minimum atomic E-state index is -0.714. The number of carboxylic acid groups (broad SMARTS) is 1. The first-order valence-corrected chi connectivity index (χ1v) is 19.2. The summed E-state index contributed by atoms with van der Waals surface area (Å²) in [4.78, 5) is 25.1. The molecule has 5 aliphatic rings. The minimum Gasteiger partial charge on any atom is -0.481 e. The fraction of sp³-hybridized carbons (Fsp3) is 0.895. The molecule has 10 atom stereocenters. The summed E-state index contributed by atoms with van der Waals surface area (Å²) in [5.41, 5.74) is 1.66. The van der Waals surface area contributed by atoms with Gasteiger partial charge in [-0.2, -0.15) is 0 Å². The number of nitrogens with one attached hydrogen (secondary N) is 1. The number of allylic oxidation sites excluding steroid dienone is 1. The van der Waals surface area contributed by atoms with Gasteiger partial charge in [0.25, 0.3) is 0 Å². The Labute approximate surface area is 276 Å². The lowest BCUT2D eigenvalue weighted by Crippen LogP contribution is -2.67. The van der Waals surface area contributed by atoms with E-state index in [0.29, 0.717) is 35.5 Å². The van der Waals surface area contributed by atoms with Gasteiger partial charge < -0.3 is 15.5 Å². The van der Waals surface area contributed by atoms with Gasteiger partial charge in [0.05, 0.1) is 11.5 Å². The first-order valence-electron chi connectivity index (χ1n) is 18.1. The number of amides is 1. The van der Waals surface area contributed by atoms with Crippen LogP contribution in [0, 0.1) is 56.7 Å². The molecule has 5 nitrogen and oxygen atoms in total. The average Bonchev–Trinajstić information content (AvgIpc) is 3.37. The molecule has 1 unspecified atom stereocenters. The second kappa shape index (κ2) is 12.6. The highest BCUT2D eigenvalue weighted by Gasteiger charge is 2.71. The van der Waals surface area contributed by atoms with Gasteiger partial charge in [0.2, 0.25) is 5.91 Å². The number of rotatable bonds is 11. The molecule has 3 N–H and O–H groups in total. The number of hydrogen-bond acceptors (Lipinski definition) is 3. The summed E-state index contributed by atoms with van der Waals surface area (Å²) in [5, 5.41) is 24.2. The molecule has 0 aliphatic heterocycles. The Morgan fingerprint density at radius 3 is 2.23 bits per heavy atom. The lowest BCUT2D eigenvalue weighted by Gasteiger charge is -2.72. The third-order valence-electron chi connectivity index (χ3n) is 15.4. The van der Waals surface area contributed by atoms with Crippen LogP contribution in [0.25, 0.3) is 0 Å². The SMILES string of the molecule is C=C(CBr)[C@@H]1CC[C@]2(C(=O)NCCCCCCCC(=O)O)CC[C@]3(C)[C@H](CCC4[C@@]5(C)CC[C@H](O)C(C)(C)[C@@H]5CC[C@]43C)[C@@H]12. The van der Waals surface area contributed by atoms with E-state index in [0.717, 1.165) is 82.5 Å². The molecule has 6 heteroatoms. The molecular formula is C38H62BrNO4. The summed E-state index contributed by atoms with van der Waals surface area (Å²) < 4.78 is 0. The quantitative estimate of drug-likeness (QED) is 0.116. The van der Waals surface area contributed by atoms with Crippen LogP contribution in [0.4, 0.5) is 0 Å². The van der Waals surface area contributed by atoms with Crippen LogP contribution >= 0.6 is 15.9 Å². The van der Waals surface area contributed by atoms with Crippen molar-refractivity contribution in [2.45, 2.75) is 143 Å². The molecule has 0 aromatic carbocycles. The molecule has 1 amide bonds. The van der Waals surface area contributed by atoms with Crippen molar-refractivity contribution < 1.29 is 19.8 Å². The number of unbranched alkanes of at least 4 members (excludes halogenated alkanes) is 4. The van der Waals surface area contributed by atoms with Crippen LogP contribution in [-0.2, 0) is 9.59 Å². The number of alkyl halides is 1. The first kappa shape index (κ1) is 34.5. The van der Waals surface area contributed by atoms with Crippen LogP contribution in [0.3, 0.4) is 0 Å².